The zero-order chi connectivity index (χ0) is 21.5. The first-order valence-corrected chi connectivity index (χ1v) is 9.89. The molecule has 0 aliphatic carbocycles. The highest BCUT2D eigenvalue weighted by atomic mass is 35.5. The molecule has 3 rings (SSSR count). The van der Waals surface area contributed by atoms with E-state index in [0.717, 1.165) is 11.1 Å². The van der Waals surface area contributed by atoms with Crippen molar-refractivity contribution in [2.24, 2.45) is 5.73 Å². The molecular weight excluding hydrogens is 422 g/mol. The summed E-state index contributed by atoms with van der Waals surface area (Å²) in [6.07, 6.45) is -1.60. The van der Waals surface area contributed by atoms with Crippen molar-refractivity contribution in [3.63, 3.8) is 0 Å². The summed E-state index contributed by atoms with van der Waals surface area (Å²) in [7, 11) is 0. The third-order valence-corrected chi connectivity index (χ3v) is 5.02. The first-order valence-electron chi connectivity index (χ1n) is 9.89. The van der Waals surface area contributed by atoms with Gasteiger partial charge in [-0.05, 0) is 35.4 Å². The van der Waals surface area contributed by atoms with Gasteiger partial charge in [0, 0.05) is 31.7 Å². The Bertz CT molecular complexity index is 850. The molecule has 0 bridgehead atoms. The van der Waals surface area contributed by atoms with Crippen molar-refractivity contribution in [3.05, 3.63) is 65.2 Å². The van der Waals surface area contributed by atoms with Gasteiger partial charge in [-0.2, -0.15) is 0 Å². The molecule has 2 aromatic rings. The number of rotatable bonds is 8. The average molecular weight is 450 g/mol. The molecule has 0 saturated carbocycles. The monoisotopic (exact) mass is 449 g/mol. The summed E-state index contributed by atoms with van der Waals surface area (Å²) >= 11 is 0. The lowest BCUT2D eigenvalue weighted by molar-refractivity contribution is -0.131. The molecule has 2 amide bonds. The SMILES string of the molecule is Cl.NCc1ccc(C(=O)NCc2ccc(OCCC(=O)N3CC(O)[C@@H](O)C3)cc2)cc1. The maximum Gasteiger partial charge on any atom is 0.251 e. The number of benzene rings is 2. The van der Waals surface area contributed by atoms with Crippen LogP contribution in [0.2, 0.25) is 0 Å². The molecule has 5 N–H and O–H groups in total. The van der Waals surface area contributed by atoms with Crippen molar-refractivity contribution in [2.75, 3.05) is 19.7 Å². The van der Waals surface area contributed by atoms with E-state index in [1.54, 1.807) is 24.3 Å². The smallest absolute Gasteiger partial charge is 0.251 e. The standard InChI is InChI=1S/C22H27N3O5.ClH/c23-11-15-1-5-17(6-2-15)22(29)24-12-16-3-7-18(8-4-16)30-10-9-21(28)25-13-19(26)20(27)14-25;/h1-8,19-20,26-27H,9-14,23H2,(H,24,29);1H/t19-,20?;/m0./s1. The van der Waals surface area contributed by atoms with Crippen LogP contribution in [-0.2, 0) is 17.9 Å². The van der Waals surface area contributed by atoms with Gasteiger partial charge < -0.3 is 30.9 Å². The molecule has 1 unspecified atom stereocenters. The number of carbonyl (C=O) groups excluding carboxylic acids is 2. The fourth-order valence-electron chi connectivity index (χ4n) is 3.17. The minimum Gasteiger partial charge on any atom is -0.493 e. The van der Waals surface area contributed by atoms with E-state index in [1.165, 1.54) is 4.90 Å². The lowest BCUT2D eigenvalue weighted by atomic mass is 10.1. The normalized spacial score (nSPS) is 17.7. The van der Waals surface area contributed by atoms with Crippen molar-refractivity contribution in [1.82, 2.24) is 10.2 Å². The van der Waals surface area contributed by atoms with Crippen LogP contribution in [0.5, 0.6) is 5.75 Å². The molecule has 168 valence electrons. The fourth-order valence-corrected chi connectivity index (χ4v) is 3.17. The van der Waals surface area contributed by atoms with Gasteiger partial charge in [0.05, 0.1) is 25.2 Å². The Morgan fingerprint density at radius 2 is 1.58 bits per heavy atom. The minimum absolute atomic E-state index is 0. The molecule has 1 aliphatic rings. The maximum atomic E-state index is 12.2. The van der Waals surface area contributed by atoms with Crippen LogP contribution >= 0.6 is 12.4 Å². The van der Waals surface area contributed by atoms with Crippen molar-refractivity contribution in [1.29, 1.82) is 0 Å². The number of aliphatic hydroxyl groups is 2. The molecule has 1 saturated heterocycles. The molecule has 0 radical (unpaired) electrons. The first kappa shape index (κ1) is 24.6. The van der Waals surface area contributed by atoms with Gasteiger partial charge in [0.15, 0.2) is 0 Å². The second kappa shape index (κ2) is 11.7. The van der Waals surface area contributed by atoms with Crippen LogP contribution in [0.3, 0.4) is 0 Å². The summed E-state index contributed by atoms with van der Waals surface area (Å²) in [4.78, 5) is 25.7. The van der Waals surface area contributed by atoms with E-state index in [1.807, 2.05) is 24.3 Å². The van der Waals surface area contributed by atoms with E-state index >= 15 is 0 Å². The van der Waals surface area contributed by atoms with Gasteiger partial charge in [-0.3, -0.25) is 9.59 Å². The van der Waals surface area contributed by atoms with E-state index in [0.29, 0.717) is 24.4 Å². The van der Waals surface area contributed by atoms with Crippen LogP contribution in [0.1, 0.15) is 27.9 Å². The molecular formula is C22H28ClN3O5. The summed E-state index contributed by atoms with van der Waals surface area (Å²) in [5.41, 5.74) is 8.03. The second-order valence-electron chi connectivity index (χ2n) is 7.26. The van der Waals surface area contributed by atoms with Crippen molar-refractivity contribution in [3.8, 4) is 5.75 Å². The van der Waals surface area contributed by atoms with E-state index in [9.17, 15) is 19.8 Å². The topological polar surface area (TPSA) is 125 Å². The Hall–Kier alpha value is -2.65. The van der Waals surface area contributed by atoms with E-state index in [2.05, 4.69) is 5.32 Å². The van der Waals surface area contributed by atoms with E-state index < -0.39 is 12.2 Å². The minimum atomic E-state index is -0.881. The second-order valence-corrected chi connectivity index (χ2v) is 7.26. The lowest BCUT2D eigenvalue weighted by Gasteiger charge is -2.15. The van der Waals surface area contributed by atoms with Crippen molar-refractivity contribution < 1.29 is 24.5 Å². The number of halogens is 1. The maximum absolute atomic E-state index is 12.2. The van der Waals surface area contributed by atoms with Crippen LogP contribution in [-0.4, -0.2) is 58.8 Å². The van der Waals surface area contributed by atoms with Crippen LogP contribution in [0, 0.1) is 0 Å². The number of nitrogens with two attached hydrogens (primary N) is 1. The van der Waals surface area contributed by atoms with Crippen LogP contribution < -0.4 is 15.8 Å². The van der Waals surface area contributed by atoms with Gasteiger partial charge in [-0.25, -0.2) is 0 Å². The predicted molar refractivity (Wildman–Crippen MR) is 118 cm³/mol. The van der Waals surface area contributed by atoms with Crippen molar-refractivity contribution >= 4 is 24.2 Å². The molecule has 8 nitrogen and oxygen atoms in total. The predicted octanol–water partition coefficient (Wildman–Crippen LogP) is 0.830. The molecule has 1 aliphatic heterocycles. The number of carbonyl (C=O) groups is 2. The Labute approximate surface area is 187 Å². The van der Waals surface area contributed by atoms with Crippen molar-refractivity contribution in [2.45, 2.75) is 31.7 Å². The molecule has 31 heavy (non-hydrogen) atoms. The van der Waals surface area contributed by atoms with Gasteiger partial charge >= 0.3 is 0 Å². The van der Waals surface area contributed by atoms with Gasteiger partial charge in [0.1, 0.15) is 5.75 Å². The Balaban J connectivity index is 0.00000341. The number of hydrogen-bond acceptors (Lipinski definition) is 6. The molecule has 1 fully saturated rings. The van der Waals surface area contributed by atoms with Gasteiger partial charge in [0.2, 0.25) is 5.91 Å². The summed E-state index contributed by atoms with van der Waals surface area (Å²) < 4.78 is 5.59. The number of likely N-dealkylation sites (tertiary alicyclic amines) is 1. The summed E-state index contributed by atoms with van der Waals surface area (Å²) in [5.74, 6) is 0.302. The Kier molecular flexibility index (Phi) is 9.26. The molecule has 1 heterocycles. The summed E-state index contributed by atoms with van der Waals surface area (Å²) in [6.45, 7) is 1.33. The highest BCUT2D eigenvalue weighted by Gasteiger charge is 2.32. The summed E-state index contributed by atoms with van der Waals surface area (Å²) in [6, 6.07) is 14.4. The average Bonchev–Trinajstić information content (AvgIpc) is 3.11. The highest BCUT2D eigenvalue weighted by molar-refractivity contribution is 5.94. The number of nitrogens with one attached hydrogen (secondary N) is 1. The lowest BCUT2D eigenvalue weighted by Crippen LogP contribution is -2.30. The Morgan fingerprint density at radius 3 is 2.16 bits per heavy atom. The zero-order valence-corrected chi connectivity index (χ0v) is 17.9. The number of hydrogen-bond donors (Lipinski definition) is 4. The fraction of sp³-hybridized carbons (Fsp3) is 0.364. The van der Waals surface area contributed by atoms with Crippen LogP contribution in [0.15, 0.2) is 48.5 Å². The van der Waals surface area contributed by atoms with Crippen LogP contribution in [0.4, 0.5) is 0 Å². The number of aliphatic hydroxyl groups excluding tert-OH is 2. The van der Waals surface area contributed by atoms with Crippen LogP contribution in [0.25, 0.3) is 0 Å². The number of nitrogens with zero attached hydrogens (tertiary/aromatic N) is 1. The third-order valence-electron chi connectivity index (χ3n) is 5.02. The third kappa shape index (κ3) is 6.93. The molecule has 9 heteroatoms. The largest absolute Gasteiger partial charge is 0.493 e. The Morgan fingerprint density at radius 1 is 1.00 bits per heavy atom. The summed E-state index contributed by atoms with van der Waals surface area (Å²) in [5, 5.41) is 21.9. The molecule has 2 atom stereocenters. The zero-order valence-electron chi connectivity index (χ0n) is 17.1. The van der Waals surface area contributed by atoms with E-state index in [-0.39, 0.29) is 50.3 Å². The van der Waals surface area contributed by atoms with Gasteiger partial charge in [0.25, 0.3) is 5.91 Å². The highest BCUT2D eigenvalue weighted by Crippen LogP contribution is 2.14. The first-order chi connectivity index (χ1) is 14.5. The molecule has 0 aromatic heterocycles. The quantitative estimate of drug-likeness (QED) is 0.473. The van der Waals surface area contributed by atoms with Gasteiger partial charge in [-0.1, -0.05) is 24.3 Å². The number of ether oxygens (including phenoxy) is 1. The number of amides is 2. The number of β-amino-alcohol motifs (C(OH)–C–C–N with tert-alkyl or cyclic N) is 2. The molecule has 0 spiro atoms. The van der Waals surface area contributed by atoms with Gasteiger partial charge in [-0.15, -0.1) is 12.4 Å². The molecule has 2 aromatic carbocycles. The van der Waals surface area contributed by atoms with E-state index in [4.69, 9.17) is 10.5 Å².